The highest BCUT2D eigenvalue weighted by Crippen LogP contribution is 2.55. The summed E-state index contributed by atoms with van der Waals surface area (Å²) < 4.78 is 2.56. The fourth-order valence-corrected chi connectivity index (χ4v) is 5.41. The van der Waals surface area contributed by atoms with Gasteiger partial charge in [0.2, 0.25) is 0 Å². The Morgan fingerprint density at radius 3 is 1.71 bits per heavy atom. The molecule has 1 aliphatic heterocycles. The van der Waals surface area contributed by atoms with Crippen LogP contribution in [0, 0.1) is 0 Å². The second-order valence-corrected chi connectivity index (χ2v) is 8.23. The molecule has 5 aromatic rings. The molecule has 0 radical (unpaired) electrons. The number of para-hydroxylation sites is 1. The van der Waals surface area contributed by atoms with E-state index >= 15 is 0 Å². The lowest BCUT2D eigenvalue weighted by Crippen LogP contribution is -2.35. The molecule has 1 aromatic heterocycles. The summed E-state index contributed by atoms with van der Waals surface area (Å²) in [6.07, 6.45) is 0. The van der Waals surface area contributed by atoms with Crippen LogP contribution in [0.25, 0.3) is 22.0 Å². The standard InChI is InChI=1S/C30H23N/c1-22-28-21-24-15-11-12-20-27(24)31(28)30(25-16-7-3-8-17-25,26-18-9-4-10-19-26)29(22)23-13-5-2-6-14-23/h2-21H,1H3. The van der Waals surface area contributed by atoms with Gasteiger partial charge in [-0.15, -0.1) is 0 Å². The quantitative estimate of drug-likeness (QED) is 0.299. The van der Waals surface area contributed by atoms with Gasteiger partial charge in [-0.3, -0.25) is 0 Å². The lowest BCUT2D eigenvalue weighted by molar-refractivity contribution is 0.585. The van der Waals surface area contributed by atoms with Crippen LogP contribution in [0.15, 0.2) is 121 Å². The summed E-state index contributed by atoms with van der Waals surface area (Å²) in [5.41, 5.74) is 8.61. The summed E-state index contributed by atoms with van der Waals surface area (Å²) in [5, 5.41) is 1.28. The molecule has 0 bridgehead atoms. The zero-order valence-corrected chi connectivity index (χ0v) is 17.5. The van der Waals surface area contributed by atoms with E-state index in [1.54, 1.807) is 0 Å². The molecule has 0 amide bonds. The van der Waals surface area contributed by atoms with Gasteiger partial charge < -0.3 is 4.57 Å². The fraction of sp³-hybridized carbons (Fsp3) is 0.0667. The maximum Gasteiger partial charge on any atom is 0.122 e. The number of allylic oxidation sites excluding steroid dienone is 2. The van der Waals surface area contributed by atoms with Crippen molar-refractivity contribution in [3.63, 3.8) is 0 Å². The molecule has 0 N–H and O–H groups in total. The van der Waals surface area contributed by atoms with E-state index in [0.717, 1.165) is 0 Å². The van der Waals surface area contributed by atoms with Crippen molar-refractivity contribution < 1.29 is 0 Å². The Bertz CT molecular complexity index is 1370. The van der Waals surface area contributed by atoms with Crippen LogP contribution in [0.5, 0.6) is 0 Å². The zero-order chi connectivity index (χ0) is 20.8. The number of benzene rings is 4. The molecule has 0 spiro atoms. The third-order valence-corrected chi connectivity index (χ3v) is 6.61. The van der Waals surface area contributed by atoms with Crippen LogP contribution < -0.4 is 0 Å². The molecule has 1 aliphatic rings. The Morgan fingerprint density at radius 1 is 0.581 bits per heavy atom. The van der Waals surface area contributed by atoms with E-state index in [4.69, 9.17) is 0 Å². The van der Waals surface area contributed by atoms with Crippen LogP contribution in [-0.2, 0) is 5.54 Å². The zero-order valence-electron chi connectivity index (χ0n) is 17.5. The van der Waals surface area contributed by atoms with Crippen molar-refractivity contribution in [1.29, 1.82) is 0 Å². The van der Waals surface area contributed by atoms with Gasteiger partial charge in [-0.2, -0.15) is 0 Å². The van der Waals surface area contributed by atoms with E-state index in [1.807, 2.05) is 0 Å². The second-order valence-electron chi connectivity index (χ2n) is 8.23. The van der Waals surface area contributed by atoms with Crippen molar-refractivity contribution in [2.24, 2.45) is 0 Å². The number of rotatable bonds is 3. The molecular weight excluding hydrogens is 374 g/mol. The largest absolute Gasteiger partial charge is 0.322 e. The van der Waals surface area contributed by atoms with Gasteiger partial charge >= 0.3 is 0 Å². The molecule has 0 atom stereocenters. The van der Waals surface area contributed by atoms with E-state index in [2.05, 4.69) is 133 Å². The lowest BCUT2D eigenvalue weighted by Gasteiger charge is -2.37. The van der Waals surface area contributed by atoms with E-state index in [1.165, 1.54) is 44.4 Å². The molecule has 0 saturated carbocycles. The molecule has 4 aromatic carbocycles. The van der Waals surface area contributed by atoms with Crippen LogP contribution in [0.1, 0.15) is 29.3 Å². The van der Waals surface area contributed by atoms with Gasteiger partial charge in [-0.1, -0.05) is 109 Å². The second kappa shape index (κ2) is 6.85. The van der Waals surface area contributed by atoms with Crippen LogP contribution >= 0.6 is 0 Å². The smallest absolute Gasteiger partial charge is 0.122 e. The average Bonchev–Trinajstić information content (AvgIpc) is 3.35. The van der Waals surface area contributed by atoms with Crippen molar-refractivity contribution in [3.8, 4) is 0 Å². The van der Waals surface area contributed by atoms with Crippen LogP contribution in [-0.4, -0.2) is 4.57 Å². The topological polar surface area (TPSA) is 4.93 Å². The van der Waals surface area contributed by atoms with Gasteiger partial charge in [0.05, 0.1) is 0 Å². The first-order valence-electron chi connectivity index (χ1n) is 10.8. The van der Waals surface area contributed by atoms with Gasteiger partial charge in [0.15, 0.2) is 0 Å². The highest BCUT2D eigenvalue weighted by Gasteiger charge is 2.47. The van der Waals surface area contributed by atoms with Crippen LogP contribution in [0.2, 0.25) is 0 Å². The maximum absolute atomic E-state index is 2.56. The molecule has 1 nitrogen and oxygen atoms in total. The molecular formula is C30H23N. The minimum Gasteiger partial charge on any atom is -0.322 e. The predicted octanol–water partition coefficient (Wildman–Crippen LogP) is 7.38. The van der Waals surface area contributed by atoms with Crippen molar-refractivity contribution >= 4 is 22.0 Å². The molecule has 0 unspecified atom stereocenters. The summed E-state index contributed by atoms with van der Waals surface area (Å²) in [7, 11) is 0. The highest BCUT2D eigenvalue weighted by molar-refractivity contribution is 6.04. The molecule has 6 rings (SSSR count). The summed E-state index contributed by atoms with van der Waals surface area (Å²) in [5.74, 6) is 0. The third-order valence-electron chi connectivity index (χ3n) is 6.61. The summed E-state index contributed by atoms with van der Waals surface area (Å²) in [6.45, 7) is 2.28. The Kier molecular flexibility index (Phi) is 3.97. The average molecular weight is 398 g/mol. The molecule has 1 heteroatoms. The summed E-state index contributed by atoms with van der Waals surface area (Å²) in [4.78, 5) is 0. The number of nitrogens with zero attached hydrogens (tertiary/aromatic N) is 1. The van der Waals surface area contributed by atoms with Crippen molar-refractivity contribution in [1.82, 2.24) is 4.57 Å². The molecule has 0 fully saturated rings. The lowest BCUT2D eigenvalue weighted by atomic mass is 9.74. The fourth-order valence-electron chi connectivity index (χ4n) is 5.41. The van der Waals surface area contributed by atoms with Gasteiger partial charge in [0.1, 0.15) is 5.54 Å². The monoisotopic (exact) mass is 397 g/mol. The number of aromatic nitrogens is 1. The minimum absolute atomic E-state index is 0.438. The predicted molar refractivity (Wildman–Crippen MR) is 130 cm³/mol. The normalized spacial score (nSPS) is 14.7. The Morgan fingerprint density at radius 2 is 1.10 bits per heavy atom. The first kappa shape index (κ1) is 18.0. The first-order chi connectivity index (χ1) is 15.3. The van der Waals surface area contributed by atoms with E-state index < -0.39 is 5.54 Å². The molecule has 148 valence electrons. The molecule has 0 aliphatic carbocycles. The van der Waals surface area contributed by atoms with E-state index in [0.29, 0.717) is 0 Å². The Labute approximate surface area is 182 Å². The maximum atomic E-state index is 2.56. The molecule has 0 saturated heterocycles. The van der Waals surface area contributed by atoms with Crippen molar-refractivity contribution in [3.05, 3.63) is 144 Å². The van der Waals surface area contributed by atoms with Crippen LogP contribution in [0.3, 0.4) is 0 Å². The van der Waals surface area contributed by atoms with Gasteiger partial charge in [-0.05, 0) is 46.9 Å². The van der Waals surface area contributed by atoms with Gasteiger partial charge in [-0.25, -0.2) is 0 Å². The summed E-state index contributed by atoms with van der Waals surface area (Å²) in [6, 6.07) is 43.9. The minimum atomic E-state index is -0.438. The number of hydrogen-bond donors (Lipinski definition) is 0. The van der Waals surface area contributed by atoms with E-state index in [9.17, 15) is 0 Å². The number of fused-ring (bicyclic) bond motifs is 3. The molecule has 31 heavy (non-hydrogen) atoms. The molecule has 2 heterocycles. The summed E-state index contributed by atoms with van der Waals surface area (Å²) >= 11 is 0. The number of hydrogen-bond acceptors (Lipinski definition) is 0. The van der Waals surface area contributed by atoms with Gasteiger partial charge in [0.25, 0.3) is 0 Å². The Hall–Kier alpha value is -3.84. The van der Waals surface area contributed by atoms with Crippen molar-refractivity contribution in [2.45, 2.75) is 12.5 Å². The third kappa shape index (κ3) is 2.44. The SMILES string of the molecule is CC1=C(c2ccccc2)C(c2ccccc2)(c2ccccc2)n2c1cc1ccccc12. The van der Waals surface area contributed by atoms with Crippen LogP contribution in [0.4, 0.5) is 0 Å². The Balaban J connectivity index is 1.84. The van der Waals surface area contributed by atoms with Gasteiger partial charge in [0, 0.05) is 16.6 Å². The first-order valence-corrected chi connectivity index (χ1v) is 10.8. The van der Waals surface area contributed by atoms with Crippen molar-refractivity contribution in [2.75, 3.05) is 0 Å². The highest BCUT2D eigenvalue weighted by atomic mass is 15.1. The van der Waals surface area contributed by atoms with E-state index in [-0.39, 0.29) is 0 Å².